The second-order valence-corrected chi connectivity index (χ2v) is 6.91. The number of amides is 2. The summed E-state index contributed by atoms with van der Waals surface area (Å²) in [7, 11) is 0. The third kappa shape index (κ3) is 3.69. The number of carbonyl (C=O) groups is 2. The number of benzene rings is 2. The van der Waals surface area contributed by atoms with Crippen molar-refractivity contribution in [1.82, 2.24) is 0 Å². The Balaban J connectivity index is 1.68. The molecule has 0 aliphatic heterocycles. The van der Waals surface area contributed by atoms with Crippen LogP contribution >= 0.6 is 11.6 Å². The minimum absolute atomic E-state index is 0.257. The van der Waals surface area contributed by atoms with Crippen LogP contribution in [0.1, 0.15) is 30.9 Å². The van der Waals surface area contributed by atoms with Crippen LogP contribution in [0.5, 0.6) is 0 Å². The molecule has 0 bridgehead atoms. The molecular formula is C20H21ClN2O2. The van der Waals surface area contributed by atoms with E-state index in [1.165, 1.54) is 5.56 Å². The Morgan fingerprint density at radius 3 is 2.08 bits per heavy atom. The zero-order chi connectivity index (χ0) is 18.0. The fourth-order valence-corrected chi connectivity index (χ4v) is 2.86. The van der Waals surface area contributed by atoms with Gasteiger partial charge in [-0.1, -0.05) is 36.7 Å². The summed E-state index contributed by atoms with van der Waals surface area (Å²) >= 11 is 6.09. The summed E-state index contributed by atoms with van der Waals surface area (Å²) in [4.78, 5) is 25.2. The zero-order valence-corrected chi connectivity index (χ0v) is 15.1. The Kier molecular flexibility index (Phi) is 4.82. The van der Waals surface area contributed by atoms with E-state index in [9.17, 15) is 9.59 Å². The van der Waals surface area contributed by atoms with Gasteiger partial charge in [-0.25, -0.2) is 0 Å². The van der Waals surface area contributed by atoms with Crippen molar-refractivity contribution in [3.8, 4) is 0 Å². The van der Waals surface area contributed by atoms with Gasteiger partial charge in [0.1, 0.15) is 5.41 Å². The number of halogens is 1. The number of hydrogen-bond donors (Lipinski definition) is 2. The van der Waals surface area contributed by atoms with Gasteiger partial charge in [0, 0.05) is 16.4 Å². The molecular weight excluding hydrogens is 336 g/mol. The fraction of sp³-hybridized carbons (Fsp3) is 0.300. The van der Waals surface area contributed by atoms with Crippen LogP contribution in [0.15, 0.2) is 42.5 Å². The van der Waals surface area contributed by atoms with Gasteiger partial charge < -0.3 is 10.6 Å². The van der Waals surface area contributed by atoms with Crippen LogP contribution in [0, 0.1) is 12.3 Å². The van der Waals surface area contributed by atoms with Gasteiger partial charge in [0.05, 0.1) is 0 Å². The molecule has 1 aliphatic rings. The van der Waals surface area contributed by atoms with Gasteiger partial charge in [0.15, 0.2) is 0 Å². The van der Waals surface area contributed by atoms with E-state index in [1.807, 2.05) is 37.3 Å². The van der Waals surface area contributed by atoms with Crippen molar-refractivity contribution in [3.63, 3.8) is 0 Å². The van der Waals surface area contributed by atoms with E-state index in [-0.39, 0.29) is 11.8 Å². The standard InChI is InChI=1S/C20H21ClN2O2/c1-3-14-5-8-15(9-6-14)22-18(24)20(10-11-20)19(25)23-16-7-4-13(2)17(21)12-16/h4-9,12H,3,10-11H2,1-2H3,(H,22,24)(H,23,25). The van der Waals surface area contributed by atoms with Crippen molar-refractivity contribution in [2.75, 3.05) is 10.6 Å². The predicted octanol–water partition coefficient (Wildman–Crippen LogP) is 4.57. The summed E-state index contributed by atoms with van der Waals surface area (Å²) in [6.07, 6.45) is 2.05. The smallest absolute Gasteiger partial charge is 0.240 e. The number of aryl methyl sites for hydroxylation is 2. The van der Waals surface area contributed by atoms with E-state index in [1.54, 1.807) is 12.1 Å². The van der Waals surface area contributed by atoms with Crippen LogP contribution in [0.25, 0.3) is 0 Å². The molecule has 2 amide bonds. The van der Waals surface area contributed by atoms with E-state index < -0.39 is 5.41 Å². The molecule has 2 aromatic carbocycles. The van der Waals surface area contributed by atoms with E-state index in [0.717, 1.165) is 12.0 Å². The van der Waals surface area contributed by atoms with Crippen LogP contribution in [0.2, 0.25) is 5.02 Å². The van der Waals surface area contributed by atoms with E-state index in [2.05, 4.69) is 17.6 Å². The Labute approximate surface area is 152 Å². The van der Waals surface area contributed by atoms with Crippen molar-refractivity contribution >= 4 is 34.8 Å². The number of hydrogen-bond acceptors (Lipinski definition) is 2. The van der Waals surface area contributed by atoms with Crippen molar-refractivity contribution < 1.29 is 9.59 Å². The van der Waals surface area contributed by atoms with Crippen molar-refractivity contribution in [1.29, 1.82) is 0 Å². The van der Waals surface area contributed by atoms with Gasteiger partial charge in [-0.3, -0.25) is 9.59 Å². The van der Waals surface area contributed by atoms with Gasteiger partial charge >= 0.3 is 0 Å². The Morgan fingerprint density at radius 2 is 1.56 bits per heavy atom. The molecule has 0 saturated heterocycles. The van der Waals surface area contributed by atoms with E-state index in [0.29, 0.717) is 29.2 Å². The molecule has 0 unspecified atom stereocenters. The molecule has 1 aliphatic carbocycles. The average Bonchev–Trinajstić information content (AvgIpc) is 3.41. The highest BCUT2D eigenvalue weighted by atomic mass is 35.5. The molecule has 5 heteroatoms. The minimum Gasteiger partial charge on any atom is -0.325 e. The Bertz CT molecular complexity index is 811. The largest absolute Gasteiger partial charge is 0.325 e. The van der Waals surface area contributed by atoms with Crippen LogP contribution in [-0.4, -0.2) is 11.8 Å². The normalized spacial score (nSPS) is 14.7. The summed E-state index contributed by atoms with van der Waals surface area (Å²) in [6.45, 7) is 3.97. The molecule has 0 atom stereocenters. The summed E-state index contributed by atoms with van der Waals surface area (Å²) in [6, 6.07) is 13.0. The van der Waals surface area contributed by atoms with Crippen LogP contribution in [0.4, 0.5) is 11.4 Å². The van der Waals surface area contributed by atoms with E-state index in [4.69, 9.17) is 11.6 Å². The summed E-state index contributed by atoms with van der Waals surface area (Å²) in [5, 5.41) is 6.26. The van der Waals surface area contributed by atoms with Crippen molar-refractivity contribution in [2.45, 2.75) is 33.1 Å². The lowest BCUT2D eigenvalue weighted by atomic mass is 10.0. The first-order valence-corrected chi connectivity index (χ1v) is 8.80. The lowest BCUT2D eigenvalue weighted by Gasteiger charge is -2.16. The highest BCUT2D eigenvalue weighted by Gasteiger charge is 2.56. The number of anilines is 2. The lowest BCUT2D eigenvalue weighted by molar-refractivity contribution is -0.131. The highest BCUT2D eigenvalue weighted by molar-refractivity contribution is 6.31. The SMILES string of the molecule is CCc1ccc(NC(=O)C2(C(=O)Nc3ccc(C)c(Cl)c3)CC2)cc1. The average molecular weight is 357 g/mol. The topological polar surface area (TPSA) is 58.2 Å². The lowest BCUT2D eigenvalue weighted by Crippen LogP contribution is -2.35. The van der Waals surface area contributed by atoms with Crippen molar-refractivity contribution in [3.05, 3.63) is 58.6 Å². The highest BCUT2D eigenvalue weighted by Crippen LogP contribution is 2.47. The molecule has 0 heterocycles. The third-order valence-corrected chi connectivity index (χ3v) is 5.08. The van der Waals surface area contributed by atoms with Gasteiger partial charge in [-0.2, -0.15) is 0 Å². The molecule has 1 saturated carbocycles. The molecule has 4 nitrogen and oxygen atoms in total. The molecule has 0 radical (unpaired) electrons. The Hall–Kier alpha value is -2.33. The first kappa shape index (κ1) is 17.5. The molecule has 0 aromatic heterocycles. The molecule has 130 valence electrons. The summed E-state index contributed by atoms with van der Waals surface area (Å²) < 4.78 is 0. The molecule has 2 aromatic rings. The van der Waals surface area contributed by atoms with Crippen molar-refractivity contribution in [2.24, 2.45) is 5.41 Å². The van der Waals surface area contributed by atoms with Gasteiger partial charge in [-0.15, -0.1) is 0 Å². The molecule has 0 spiro atoms. The molecule has 25 heavy (non-hydrogen) atoms. The summed E-state index contributed by atoms with van der Waals surface area (Å²) in [5.74, 6) is -0.539. The molecule has 2 N–H and O–H groups in total. The van der Waals surface area contributed by atoms with Crippen LogP contribution < -0.4 is 10.6 Å². The molecule has 1 fully saturated rings. The maximum atomic E-state index is 12.6. The van der Waals surface area contributed by atoms with Crippen LogP contribution in [0.3, 0.4) is 0 Å². The van der Waals surface area contributed by atoms with Gasteiger partial charge in [-0.05, 0) is 61.6 Å². The number of nitrogens with one attached hydrogen (secondary N) is 2. The minimum atomic E-state index is -0.985. The third-order valence-electron chi connectivity index (χ3n) is 4.67. The quantitative estimate of drug-likeness (QED) is 0.771. The second-order valence-electron chi connectivity index (χ2n) is 6.50. The van der Waals surface area contributed by atoms with Gasteiger partial charge in [0.2, 0.25) is 11.8 Å². The number of rotatable bonds is 5. The molecule has 3 rings (SSSR count). The first-order chi connectivity index (χ1) is 11.9. The first-order valence-electron chi connectivity index (χ1n) is 8.42. The maximum absolute atomic E-state index is 12.6. The van der Waals surface area contributed by atoms with Gasteiger partial charge in [0.25, 0.3) is 0 Å². The van der Waals surface area contributed by atoms with Crippen LogP contribution in [-0.2, 0) is 16.0 Å². The predicted molar refractivity (Wildman–Crippen MR) is 101 cm³/mol. The fourth-order valence-electron chi connectivity index (χ4n) is 2.68. The van der Waals surface area contributed by atoms with E-state index >= 15 is 0 Å². The number of carbonyl (C=O) groups excluding carboxylic acids is 2. The Morgan fingerprint density at radius 1 is 1.00 bits per heavy atom. The zero-order valence-electron chi connectivity index (χ0n) is 14.4. The maximum Gasteiger partial charge on any atom is 0.240 e. The second kappa shape index (κ2) is 6.89. The monoisotopic (exact) mass is 356 g/mol. The summed E-state index contributed by atoms with van der Waals surface area (Å²) in [5.41, 5.74) is 2.47.